The summed E-state index contributed by atoms with van der Waals surface area (Å²) in [6.45, 7) is 8.47. The second-order valence-corrected chi connectivity index (χ2v) is 6.78. The van der Waals surface area contributed by atoms with Crippen LogP contribution in [0.4, 0.5) is 0 Å². The first kappa shape index (κ1) is 14.3. The summed E-state index contributed by atoms with van der Waals surface area (Å²) >= 11 is 0. The van der Waals surface area contributed by atoms with Crippen LogP contribution in [0, 0.1) is 11.8 Å². The molecule has 106 valence electrons. The van der Waals surface area contributed by atoms with Crippen molar-refractivity contribution in [3.8, 4) is 0 Å². The molecule has 2 nitrogen and oxygen atoms in total. The van der Waals surface area contributed by atoms with Gasteiger partial charge in [0.2, 0.25) is 0 Å². The molecule has 0 aliphatic heterocycles. The van der Waals surface area contributed by atoms with Gasteiger partial charge in [0.1, 0.15) is 0 Å². The lowest BCUT2D eigenvalue weighted by Gasteiger charge is -2.44. The van der Waals surface area contributed by atoms with Crippen LogP contribution in [0.5, 0.6) is 0 Å². The molecule has 2 aliphatic carbocycles. The Balaban J connectivity index is 2.02. The molecule has 0 bridgehead atoms. The first-order chi connectivity index (χ1) is 8.65. The van der Waals surface area contributed by atoms with Crippen LogP contribution < -0.4 is 5.32 Å². The first-order valence-corrected chi connectivity index (χ1v) is 8.08. The fraction of sp³-hybridized carbons (Fsp3) is 1.00. The standard InChI is InChI=1S/C16H32N2/c1-5-13-8-9-15(17-4)16(10-13)18(12(2)3)11-14-6-7-14/h12-17H,5-11H2,1-4H3. The van der Waals surface area contributed by atoms with E-state index < -0.39 is 0 Å². The van der Waals surface area contributed by atoms with Crippen LogP contribution in [0.25, 0.3) is 0 Å². The van der Waals surface area contributed by atoms with Gasteiger partial charge in [0.25, 0.3) is 0 Å². The third-order valence-corrected chi connectivity index (χ3v) is 5.13. The Morgan fingerprint density at radius 1 is 1.11 bits per heavy atom. The van der Waals surface area contributed by atoms with Crippen molar-refractivity contribution in [1.82, 2.24) is 10.2 Å². The van der Waals surface area contributed by atoms with Gasteiger partial charge in [-0.3, -0.25) is 4.90 Å². The van der Waals surface area contributed by atoms with E-state index in [0.717, 1.165) is 17.9 Å². The van der Waals surface area contributed by atoms with Gasteiger partial charge >= 0.3 is 0 Å². The molecule has 0 heterocycles. The number of rotatable bonds is 6. The van der Waals surface area contributed by atoms with Gasteiger partial charge in [0.05, 0.1) is 0 Å². The van der Waals surface area contributed by atoms with E-state index in [1.807, 2.05) is 0 Å². The lowest BCUT2D eigenvalue weighted by Crippen LogP contribution is -2.55. The zero-order chi connectivity index (χ0) is 13.1. The van der Waals surface area contributed by atoms with E-state index in [0.29, 0.717) is 12.1 Å². The molecule has 0 aromatic carbocycles. The van der Waals surface area contributed by atoms with E-state index in [9.17, 15) is 0 Å². The van der Waals surface area contributed by atoms with Crippen LogP contribution in [0.3, 0.4) is 0 Å². The van der Waals surface area contributed by atoms with Crippen molar-refractivity contribution in [3.05, 3.63) is 0 Å². The second kappa shape index (κ2) is 6.38. The number of nitrogens with one attached hydrogen (secondary N) is 1. The van der Waals surface area contributed by atoms with Gasteiger partial charge < -0.3 is 5.32 Å². The van der Waals surface area contributed by atoms with Crippen molar-refractivity contribution in [2.75, 3.05) is 13.6 Å². The van der Waals surface area contributed by atoms with Gasteiger partial charge in [-0.1, -0.05) is 13.3 Å². The SMILES string of the molecule is CCC1CCC(NC)C(N(CC2CC2)C(C)C)C1. The number of hydrogen-bond donors (Lipinski definition) is 1. The third kappa shape index (κ3) is 3.48. The topological polar surface area (TPSA) is 15.3 Å². The zero-order valence-electron chi connectivity index (χ0n) is 12.8. The molecule has 0 amide bonds. The Labute approximate surface area is 114 Å². The quantitative estimate of drug-likeness (QED) is 0.780. The Hall–Kier alpha value is -0.0800. The Morgan fingerprint density at radius 2 is 1.78 bits per heavy atom. The fourth-order valence-corrected chi connectivity index (χ4v) is 3.63. The highest BCUT2D eigenvalue weighted by Crippen LogP contribution is 2.35. The number of hydrogen-bond acceptors (Lipinski definition) is 2. The van der Waals surface area contributed by atoms with Crippen molar-refractivity contribution < 1.29 is 0 Å². The van der Waals surface area contributed by atoms with E-state index in [1.165, 1.54) is 45.1 Å². The zero-order valence-corrected chi connectivity index (χ0v) is 12.8. The highest BCUT2D eigenvalue weighted by atomic mass is 15.2. The number of nitrogens with zero attached hydrogens (tertiary/aromatic N) is 1. The fourth-order valence-electron chi connectivity index (χ4n) is 3.63. The van der Waals surface area contributed by atoms with Gasteiger partial charge in [0, 0.05) is 24.7 Å². The van der Waals surface area contributed by atoms with E-state index in [-0.39, 0.29) is 0 Å². The highest BCUT2D eigenvalue weighted by molar-refractivity contribution is 4.93. The summed E-state index contributed by atoms with van der Waals surface area (Å²) in [4.78, 5) is 2.81. The lowest BCUT2D eigenvalue weighted by molar-refractivity contribution is 0.0686. The molecule has 2 heteroatoms. The maximum absolute atomic E-state index is 3.59. The summed E-state index contributed by atoms with van der Waals surface area (Å²) in [5.74, 6) is 1.96. The molecule has 2 fully saturated rings. The van der Waals surface area contributed by atoms with Crippen molar-refractivity contribution in [2.45, 2.75) is 77.4 Å². The molecule has 0 radical (unpaired) electrons. The van der Waals surface area contributed by atoms with Crippen LogP contribution >= 0.6 is 0 Å². The minimum Gasteiger partial charge on any atom is -0.315 e. The van der Waals surface area contributed by atoms with E-state index in [4.69, 9.17) is 0 Å². The van der Waals surface area contributed by atoms with Crippen molar-refractivity contribution in [2.24, 2.45) is 11.8 Å². The van der Waals surface area contributed by atoms with Crippen LogP contribution in [-0.4, -0.2) is 36.6 Å². The Morgan fingerprint density at radius 3 is 2.28 bits per heavy atom. The summed E-state index contributed by atoms with van der Waals surface area (Å²) < 4.78 is 0. The highest BCUT2D eigenvalue weighted by Gasteiger charge is 2.36. The van der Waals surface area contributed by atoms with Gasteiger partial charge in [-0.25, -0.2) is 0 Å². The summed E-state index contributed by atoms with van der Waals surface area (Å²) in [6.07, 6.45) is 8.51. The summed E-state index contributed by atoms with van der Waals surface area (Å²) in [5, 5.41) is 3.59. The van der Waals surface area contributed by atoms with E-state index >= 15 is 0 Å². The van der Waals surface area contributed by atoms with Gasteiger partial charge in [0.15, 0.2) is 0 Å². The minimum atomic E-state index is 0.696. The average molecular weight is 252 g/mol. The molecule has 3 unspecified atom stereocenters. The Bertz CT molecular complexity index is 247. The van der Waals surface area contributed by atoms with E-state index in [2.05, 4.69) is 38.0 Å². The van der Waals surface area contributed by atoms with Gasteiger partial charge in [-0.15, -0.1) is 0 Å². The second-order valence-electron chi connectivity index (χ2n) is 6.78. The molecule has 3 atom stereocenters. The van der Waals surface area contributed by atoms with Gasteiger partial charge in [-0.2, -0.15) is 0 Å². The summed E-state index contributed by atoms with van der Waals surface area (Å²) in [5.41, 5.74) is 0. The van der Waals surface area contributed by atoms with Crippen molar-refractivity contribution in [1.29, 1.82) is 0 Å². The van der Waals surface area contributed by atoms with Gasteiger partial charge in [-0.05, 0) is 64.8 Å². The molecule has 0 spiro atoms. The van der Waals surface area contributed by atoms with Crippen molar-refractivity contribution >= 4 is 0 Å². The minimum absolute atomic E-state index is 0.696. The summed E-state index contributed by atoms with van der Waals surface area (Å²) in [7, 11) is 2.15. The Kier molecular flexibility index (Phi) is 5.08. The molecule has 18 heavy (non-hydrogen) atoms. The molecule has 1 N–H and O–H groups in total. The molecule has 2 saturated carbocycles. The van der Waals surface area contributed by atoms with Crippen LogP contribution in [-0.2, 0) is 0 Å². The maximum Gasteiger partial charge on any atom is 0.0254 e. The average Bonchev–Trinajstić information content (AvgIpc) is 3.18. The monoisotopic (exact) mass is 252 g/mol. The molecule has 2 rings (SSSR count). The molecule has 0 aromatic heterocycles. The predicted molar refractivity (Wildman–Crippen MR) is 78.8 cm³/mol. The molecule has 0 saturated heterocycles. The van der Waals surface area contributed by atoms with Crippen LogP contribution in [0.15, 0.2) is 0 Å². The largest absolute Gasteiger partial charge is 0.315 e. The summed E-state index contributed by atoms with van der Waals surface area (Å²) in [6, 6.07) is 2.19. The maximum atomic E-state index is 3.59. The van der Waals surface area contributed by atoms with E-state index in [1.54, 1.807) is 0 Å². The predicted octanol–water partition coefficient (Wildman–Crippen LogP) is 3.27. The molecule has 2 aliphatic rings. The third-order valence-electron chi connectivity index (χ3n) is 5.13. The van der Waals surface area contributed by atoms with Crippen molar-refractivity contribution in [3.63, 3.8) is 0 Å². The number of likely N-dealkylation sites (N-methyl/N-ethyl adjacent to an activating group) is 1. The first-order valence-electron chi connectivity index (χ1n) is 8.08. The molecular weight excluding hydrogens is 220 g/mol. The normalized spacial score (nSPS) is 33.3. The lowest BCUT2D eigenvalue weighted by atomic mass is 9.80. The molecule has 0 aromatic rings. The molecular formula is C16H32N2. The smallest absolute Gasteiger partial charge is 0.0254 e. The van der Waals surface area contributed by atoms with Crippen LogP contribution in [0.2, 0.25) is 0 Å². The van der Waals surface area contributed by atoms with Crippen LogP contribution in [0.1, 0.15) is 59.3 Å².